The lowest BCUT2D eigenvalue weighted by molar-refractivity contribution is -0.140. The fourth-order valence-electron chi connectivity index (χ4n) is 4.43. The molecule has 1 saturated carbocycles. The minimum absolute atomic E-state index is 0.211. The van der Waals surface area contributed by atoms with Crippen LogP contribution in [0.4, 0.5) is 13.2 Å². The van der Waals surface area contributed by atoms with Crippen molar-refractivity contribution in [3.8, 4) is 17.0 Å². The molecule has 2 aliphatic rings. The standard InChI is InChI=1S/C24H23F3N6O/c1-28-19(18-10-15(8-9-29-18)22-23(24(25,26)27)31-32-30-22)12-33(2)11-16-13-34-20-5-3-4-17(21(16)20)14-6-7-14/h3-5,8-10,12,14,16H,1,6-7,11,13H2,2H3,(H,30,31,32)/b19-12-/t16-/m1/s1. The van der Waals surface area contributed by atoms with Crippen molar-refractivity contribution in [3.05, 3.63) is 65.2 Å². The average molecular weight is 468 g/mol. The largest absolute Gasteiger partial charge is 0.493 e. The van der Waals surface area contributed by atoms with Gasteiger partial charge in [-0.1, -0.05) is 17.3 Å². The summed E-state index contributed by atoms with van der Waals surface area (Å²) in [7, 11) is 1.92. The SMILES string of the molecule is C=N/C(=C\N(C)C[C@@H]1COc2cccc(C3CC3)c21)c1cc(-c2nn[nH]c2C(F)(F)F)ccn1. The van der Waals surface area contributed by atoms with E-state index in [0.29, 0.717) is 30.5 Å². The average Bonchev–Trinajstić information content (AvgIpc) is 3.38. The Morgan fingerprint density at radius 3 is 2.88 bits per heavy atom. The highest BCUT2D eigenvalue weighted by Crippen LogP contribution is 2.48. The molecule has 0 spiro atoms. The molecule has 1 N–H and O–H groups in total. The number of aliphatic imine (C=N–C) groups is 1. The van der Waals surface area contributed by atoms with Crippen LogP contribution in [0.5, 0.6) is 5.75 Å². The van der Waals surface area contributed by atoms with E-state index in [1.165, 1.54) is 42.3 Å². The second kappa shape index (κ2) is 8.58. The van der Waals surface area contributed by atoms with E-state index in [1.54, 1.807) is 6.20 Å². The first-order valence-corrected chi connectivity index (χ1v) is 10.9. The van der Waals surface area contributed by atoms with Crippen LogP contribution in [0.15, 0.2) is 47.7 Å². The molecule has 0 radical (unpaired) electrons. The molecule has 2 aromatic heterocycles. The topological polar surface area (TPSA) is 79.3 Å². The molecule has 1 aliphatic heterocycles. The molecular weight excluding hydrogens is 445 g/mol. The highest BCUT2D eigenvalue weighted by molar-refractivity contribution is 5.70. The number of H-pyrrole nitrogens is 1. The molecule has 1 aromatic carbocycles. The number of pyridine rings is 1. The number of halogens is 3. The fraction of sp³-hybridized carbons (Fsp3) is 0.333. The van der Waals surface area contributed by atoms with Crippen molar-refractivity contribution in [2.24, 2.45) is 4.99 Å². The van der Waals surface area contributed by atoms with Gasteiger partial charge in [0.15, 0.2) is 5.69 Å². The normalized spacial score (nSPS) is 17.9. The number of alkyl halides is 3. The number of benzene rings is 1. The zero-order valence-corrected chi connectivity index (χ0v) is 18.5. The monoisotopic (exact) mass is 468 g/mol. The molecule has 1 atom stereocenters. The van der Waals surface area contributed by atoms with Crippen LogP contribution in [0, 0.1) is 0 Å². The van der Waals surface area contributed by atoms with Crippen LogP contribution in [-0.2, 0) is 6.18 Å². The lowest BCUT2D eigenvalue weighted by Gasteiger charge is -2.21. The number of nitrogens with zero attached hydrogens (tertiary/aromatic N) is 5. The summed E-state index contributed by atoms with van der Waals surface area (Å²) >= 11 is 0. The third kappa shape index (κ3) is 4.27. The van der Waals surface area contributed by atoms with Gasteiger partial charge >= 0.3 is 6.18 Å². The van der Waals surface area contributed by atoms with Crippen LogP contribution in [0.3, 0.4) is 0 Å². The molecule has 7 nitrogen and oxygen atoms in total. The zero-order valence-electron chi connectivity index (χ0n) is 18.5. The molecule has 1 fully saturated rings. The molecule has 10 heteroatoms. The van der Waals surface area contributed by atoms with Gasteiger partial charge in [-0.2, -0.15) is 13.2 Å². The van der Waals surface area contributed by atoms with Crippen molar-refractivity contribution in [1.82, 2.24) is 25.3 Å². The summed E-state index contributed by atoms with van der Waals surface area (Å²) in [5.74, 6) is 1.79. The van der Waals surface area contributed by atoms with E-state index >= 15 is 0 Å². The van der Waals surface area contributed by atoms with E-state index in [9.17, 15) is 13.2 Å². The Morgan fingerprint density at radius 1 is 1.32 bits per heavy atom. The van der Waals surface area contributed by atoms with Gasteiger partial charge in [0, 0.05) is 43.0 Å². The lowest BCUT2D eigenvalue weighted by atomic mass is 9.93. The Hall–Kier alpha value is -3.69. The number of likely N-dealkylation sites (N-methyl/N-ethyl adjacent to an activating group) is 1. The van der Waals surface area contributed by atoms with Gasteiger partial charge in [0.1, 0.15) is 17.1 Å². The van der Waals surface area contributed by atoms with Gasteiger partial charge in [-0.3, -0.25) is 15.1 Å². The number of fused-ring (bicyclic) bond motifs is 1. The fourth-order valence-corrected chi connectivity index (χ4v) is 4.43. The molecule has 0 unspecified atom stereocenters. The Labute approximate surface area is 194 Å². The molecule has 5 rings (SSSR count). The van der Waals surface area contributed by atoms with Gasteiger partial charge in [-0.25, -0.2) is 0 Å². The maximum Gasteiger partial charge on any atom is 0.435 e. The van der Waals surface area contributed by atoms with Crippen molar-refractivity contribution >= 4 is 12.4 Å². The van der Waals surface area contributed by atoms with Crippen molar-refractivity contribution < 1.29 is 17.9 Å². The molecule has 3 heterocycles. The Bertz CT molecular complexity index is 1250. The Kier molecular flexibility index (Phi) is 5.59. The predicted molar refractivity (Wildman–Crippen MR) is 121 cm³/mol. The third-order valence-corrected chi connectivity index (χ3v) is 6.11. The number of hydrogen-bond donors (Lipinski definition) is 1. The van der Waals surface area contributed by atoms with Crippen LogP contribution in [0.25, 0.3) is 17.0 Å². The van der Waals surface area contributed by atoms with Crippen molar-refractivity contribution in [1.29, 1.82) is 0 Å². The van der Waals surface area contributed by atoms with Crippen LogP contribution < -0.4 is 4.74 Å². The maximum atomic E-state index is 13.3. The second-order valence-corrected chi connectivity index (χ2v) is 8.62. The summed E-state index contributed by atoms with van der Waals surface area (Å²) < 4.78 is 45.7. The van der Waals surface area contributed by atoms with Gasteiger partial charge in [-0.05, 0) is 49.2 Å². The van der Waals surface area contributed by atoms with Crippen molar-refractivity contribution in [3.63, 3.8) is 0 Å². The molecule has 176 valence electrons. The summed E-state index contributed by atoms with van der Waals surface area (Å²) in [6.07, 6.45) is 1.04. The summed E-state index contributed by atoms with van der Waals surface area (Å²) in [4.78, 5) is 10.4. The van der Waals surface area contributed by atoms with Crippen LogP contribution in [0.2, 0.25) is 0 Å². The minimum Gasteiger partial charge on any atom is -0.493 e. The summed E-state index contributed by atoms with van der Waals surface area (Å²) in [6.45, 7) is 4.93. The summed E-state index contributed by atoms with van der Waals surface area (Å²) in [5, 5.41) is 8.86. The van der Waals surface area contributed by atoms with E-state index in [4.69, 9.17) is 4.74 Å². The van der Waals surface area contributed by atoms with Crippen LogP contribution in [0.1, 0.15) is 47.2 Å². The molecule has 0 saturated heterocycles. The van der Waals surface area contributed by atoms with Crippen LogP contribution in [-0.4, -0.2) is 52.2 Å². The number of rotatable bonds is 7. The van der Waals surface area contributed by atoms with Crippen LogP contribution >= 0.6 is 0 Å². The van der Waals surface area contributed by atoms with Gasteiger partial charge < -0.3 is 9.64 Å². The second-order valence-electron chi connectivity index (χ2n) is 8.62. The van der Waals surface area contributed by atoms with Crippen molar-refractivity contribution in [2.45, 2.75) is 30.9 Å². The van der Waals surface area contributed by atoms with Gasteiger partial charge in [0.25, 0.3) is 0 Å². The highest BCUT2D eigenvalue weighted by atomic mass is 19.4. The van der Waals surface area contributed by atoms with Gasteiger partial charge in [-0.15, -0.1) is 5.10 Å². The molecule has 1 aliphatic carbocycles. The zero-order chi connectivity index (χ0) is 23.9. The van der Waals surface area contributed by atoms with Gasteiger partial charge in [0.2, 0.25) is 0 Å². The predicted octanol–water partition coefficient (Wildman–Crippen LogP) is 4.87. The number of ether oxygens (including phenoxy) is 1. The summed E-state index contributed by atoms with van der Waals surface area (Å²) in [6, 6.07) is 9.21. The third-order valence-electron chi connectivity index (χ3n) is 6.11. The molecule has 34 heavy (non-hydrogen) atoms. The molecular formula is C24H23F3N6O. The van der Waals surface area contributed by atoms with E-state index in [2.05, 4.69) is 39.1 Å². The van der Waals surface area contributed by atoms with E-state index < -0.39 is 11.9 Å². The maximum absolute atomic E-state index is 13.3. The smallest absolute Gasteiger partial charge is 0.435 e. The van der Waals surface area contributed by atoms with Gasteiger partial charge in [0.05, 0.1) is 12.3 Å². The first kappa shape index (κ1) is 22.1. The number of hydrogen-bond acceptors (Lipinski definition) is 6. The van der Waals surface area contributed by atoms with E-state index in [0.717, 1.165) is 5.75 Å². The van der Waals surface area contributed by atoms with E-state index in [-0.39, 0.29) is 17.2 Å². The number of nitrogens with one attached hydrogen (secondary N) is 1. The first-order valence-electron chi connectivity index (χ1n) is 10.9. The van der Waals surface area contributed by atoms with Crippen molar-refractivity contribution in [2.75, 3.05) is 20.2 Å². The minimum atomic E-state index is -4.60. The number of aromatic amines is 1. The first-order chi connectivity index (χ1) is 16.3. The molecule has 0 bridgehead atoms. The van der Waals surface area contributed by atoms with E-state index in [1.807, 2.05) is 23.1 Å². The number of aromatic nitrogens is 4. The highest BCUT2D eigenvalue weighted by Gasteiger charge is 2.37. The summed E-state index contributed by atoms with van der Waals surface area (Å²) in [5.41, 5.74) is 2.42. The lowest BCUT2D eigenvalue weighted by Crippen LogP contribution is -2.21. The Balaban J connectivity index is 1.38. The Morgan fingerprint density at radius 2 is 2.15 bits per heavy atom. The molecule has 0 amide bonds. The molecule has 3 aromatic rings. The quantitative estimate of drug-likeness (QED) is 0.501.